The fourth-order valence-electron chi connectivity index (χ4n) is 4.51. The summed E-state index contributed by atoms with van der Waals surface area (Å²) in [7, 11) is 3.60. The number of carbonyl (C=O) groups excluding carboxylic acids is 1. The van der Waals surface area contributed by atoms with Gasteiger partial charge in [0.1, 0.15) is 36.1 Å². The number of aryl methyl sites for hydroxylation is 1. The second-order valence-corrected chi connectivity index (χ2v) is 9.78. The third kappa shape index (κ3) is 7.35. The molecule has 1 unspecified atom stereocenters. The van der Waals surface area contributed by atoms with Gasteiger partial charge in [-0.1, -0.05) is 36.4 Å². The third-order valence-electron chi connectivity index (χ3n) is 6.83. The molecule has 4 rings (SSSR count). The number of likely N-dealkylation sites (tertiary alicyclic amines) is 1. The number of carbonyl (C=O) groups is 1. The Morgan fingerprint density at radius 1 is 1.25 bits per heavy atom. The summed E-state index contributed by atoms with van der Waals surface area (Å²) in [5, 5.41) is 12.2. The van der Waals surface area contributed by atoms with Gasteiger partial charge in [-0.2, -0.15) is 0 Å². The number of hydrogen-bond acceptors (Lipinski definition) is 9. The van der Waals surface area contributed by atoms with Gasteiger partial charge >= 0.3 is 0 Å². The van der Waals surface area contributed by atoms with E-state index in [4.69, 9.17) is 20.6 Å². The highest BCUT2D eigenvalue weighted by Gasteiger charge is 2.27. The monoisotopic (exact) mass is 543 g/mol. The number of aromatic nitrogens is 2. The number of benzene rings is 2. The van der Waals surface area contributed by atoms with E-state index in [1.165, 1.54) is 6.33 Å². The van der Waals surface area contributed by atoms with Gasteiger partial charge in [0, 0.05) is 43.9 Å². The number of hydrogen-bond donors (Lipinski definition) is 3. The van der Waals surface area contributed by atoms with Gasteiger partial charge in [0.15, 0.2) is 0 Å². The van der Waals surface area contributed by atoms with E-state index >= 15 is 0 Å². The Hall–Kier alpha value is -4.44. The number of nitrogens with zero attached hydrogens (tertiary/aromatic N) is 4. The molecule has 1 atom stereocenters. The highest BCUT2D eigenvalue weighted by Crippen LogP contribution is 2.27. The minimum atomic E-state index is -0.0276. The van der Waals surface area contributed by atoms with Gasteiger partial charge < -0.3 is 25.4 Å². The van der Waals surface area contributed by atoms with Crippen LogP contribution in [0.15, 0.2) is 67.0 Å². The molecular weight excluding hydrogens is 506 g/mol. The minimum Gasteiger partial charge on any atom is -0.496 e. The van der Waals surface area contributed by atoms with Crippen molar-refractivity contribution in [2.24, 2.45) is 0 Å². The van der Waals surface area contributed by atoms with E-state index in [1.54, 1.807) is 13.2 Å². The summed E-state index contributed by atoms with van der Waals surface area (Å²) >= 11 is 0. The van der Waals surface area contributed by atoms with Crippen LogP contribution in [-0.2, 0) is 4.79 Å². The number of ether oxygens (including phenoxy) is 2. The normalized spacial score (nSPS) is 15.0. The molecule has 1 aromatic heterocycles. The summed E-state index contributed by atoms with van der Waals surface area (Å²) in [5.41, 5.74) is 8.45. The van der Waals surface area contributed by atoms with Crippen LogP contribution in [0.4, 0.5) is 11.6 Å². The van der Waals surface area contributed by atoms with Crippen LogP contribution >= 0.6 is 0 Å². The molecule has 1 saturated heterocycles. The summed E-state index contributed by atoms with van der Waals surface area (Å²) in [6, 6.07) is 15.3. The topological polar surface area (TPSA) is 130 Å². The first-order valence-corrected chi connectivity index (χ1v) is 13.3. The van der Waals surface area contributed by atoms with Crippen LogP contribution in [0.5, 0.6) is 11.5 Å². The van der Waals surface area contributed by atoms with Crippen LogP contribution in [0.25, 0.3) is 0 Å². The van der Waals surface area contributed by atoms with Gasteiger partial charge in [-0.05, 0) is 44.2 Å². The summed E-state index contributed by atoms with van der Waals surface area (Å²) in [6.07, 6.45) is 5.65. The zero-order chi connectivity index (χ0) is 28.5. The zero-order valence-corrected chi connectivity index (χ0v) is 23.3. The Morgan fingerprint density at radius 3 is 2.83 bits per heavy atom. The molecule has 0 bridgehead atoms. The lowest BCUT2D eigenvalue weighted by Gasteiger charge is -2.19. The molecule has 0 radical (unpaired) electrons. The molecule has 10 nitrogen and oxygen atoms in total. The smallest absolute Gasteiger partial charge is 0.246 e. The summed E-state index contributed by atoms with van der Waals surface area (Å²) < 4.78 is 11.2. The van der Waals surface area contributed by atoms with Crippen molar-refractivity contribution >= 4 is 23.3 Å². The molecule has 1 amide bonds. The number of nitrogens with two attached hydrogens (primary N) is 1. The molecule has 10 heteroatoms. The summed E-state index contributed by atoms with van der Waals surface area (Å²) in [6.45, 7) is 5.07. The number of nitrogen functional groups attached to an aromatic ring is 1. The van der Waals surface area contributed by atoms with E-state index in [-0.39, 0.29) is 23.5 Å². The first kappa shape index (κ1) is 28.6. The van der Waals surface area contributed by atoms with E-state index in [0.29, 0.717) is 48.9 Å². The van der Waals surface area contributed by atoms with Crippen molar-refractivity contribution in [2.75, 3.05) is 58.0 Å². The fraction of sp³-hybridized carbons (Fsp3) is 0.333. The molecule has 3 aromatic rings. The predicted molar refractivity (Wildman–Crippen MR) is 157 cm³/mol. The molecule has 2 aromatic carbocycles. The second kappa shape index (κ2) is 13.6. The Balaban J connectivity index is 1.30. The molecular formula is C30H37N7O3. The van der Waals surface area contributed by atoms with Crippen molar-refractivity contribution in [3.8, 4) is 11.5 Å². The number of anilines is 2. The molecule has 2 heterocycles. The van der Waals surface area contributed by atoms with Crippen LogP contribution in [0.1, 0.15) is 23.1 Å². The van der Waals surface area contributed by atoms with E-state index < -0.39 is 0 Å². The summed E-state index contributed by atoms with van der Waals surface area (Å²) in [5.74, 6) is 2.21. The molecule has 1 fully saturated rings. The lowest BCUT2D eigenvalue weighted by molar-refractivity contribution is -0.125. The van der Waals surface area contributed by atoms with Gasteiger partial charge in [-0.3, -0.25) is 15.1 Å². The second-order valence-electron chi connectivity index (χ2n) is 9.78. The molecule has 1 aliphatic rings. The molecule has 210 valence electrons. The zero-order valence-electron chi connectivity index (χ0n) is 23.3. The molecule has 0 saturated carbocycles. The predicted octanol–water partition coefficient (Wildman–Crippen LogP) is 3.37. The van der Waals surface area contributed by atoms with Gasteiger partial charge in [0.05, 0.1) is 18.4 Å². The fourth-order valence-corrected chi connectivity index (χ4v) is 4.51. The maximum Gasteiger partial charge on any atom is 0.246 e. The molecule has 0 aliphatic carbocycles. The average Bonchev–Trinajstić information content (AvgIpc) is 3.42. The third-order valence-corrected chi connectivity index (χ3v) is 6.83. The standard InChI is InChI=1S/C30H37N7O3/c1-21-11-12-22(18-25(21)39-3)28(31)27-29(32)33-20-34-30(27)35-23-13-15-37(19-23)26(38)10-7-14-36(2)16-17-40-24-8-5-4-6-9-24/h4-12,18,20,23,31H,13-17,19H2,1-3H3,(H3,32,33,34,35)/b10-7+,31-28?. The maximum absolute atomic E-state index is 12.8. The first-order chi connectivity index (χ1) is 19.4. The van der Waals surface area contributed by atoms with Crippen molar-refractivity contribution in [2.45, 2.75) is 19.4 Å². The van der Waals surface area contributed by atoms with Crippen LogP contribution < -0.4 is 20.5 Å². The highest BCUT2D eigenvalue weighted by molar-refractivity contribution is 6.16. The van der Waals surface area contributed by atoms with Crippen molar-refractivity contribution in [1.82, 2.24) is 19.8 Å². The van der Waals surface area contributed by atoms with Crippen LogP contribution in [0.3, 0.4) is 0 Å². The quantitative estimate of drug-likeness (QED) is 0.234. The van der Waals surface area contributed by atoms with Crippen LogP contribution in [0, 0.1) is 12.3 Å². The Bertz CT molecular complexity index is 1350. The average molecular weight is 544 g/mol. The Kier molecular flexibility index (Phi) is 9.69. The van der Waals surface area contributed by atoms with Crippen LogP contribution in [0.2, 0.25) is 0 Å². The minimum absolute atomic E-state index is 0.0245. The number of rotatable bonds is 12. The molecule has 1 aliphatic heterocycles. The molecule has 0 spiro atoms. The highest BCUT2D eigenvalue weighted by atomic mass is 16.5. The number of amides is 1. The Labute approximate surface area is 235 Å². The number of para-hydroxylation sites is 1. The van der Waals surface area contributed by atoms with E-state index in [1.807, 2.05) is 73.5 Å². The number of likely N-dealkylation sites (N-methyl/N-ethyl adjacent to an activating group) is 1. The first-order valence-electron chi connectivity index (χ1n) is 13.3. The van der Waals surface area contributed by atoms with Gasteiger partial charge in [-0.25, -0.2) is 9.97 Å². The largest absolute Gasteiger partial charge is 0.496 e. The van der Waals surface area contributed by atoms with E-state index in [2.05, 4.69) is 20.2 Å². The van der Waals surface area contributed by atoms with Crippen LogP contribution in [-0.4, -0.2) is 84.4 Å². The van der Waals surface area contributed by atoms with Crippen molar-refractivity contribution in [3.63, 3.8) is 0 Å². The molecule has 40 heavy (non-hydrogen) atoms. The van der Waals surface area contributed by atoms with E-state index in [9.17, 15) is 4.79 Å². The SMILES string of the molecule is COc1cc(C(=N)c2c(N)ncnc2NC2CCN(C(=O)/C=C/CN(C)CCOc3ccccc3)C2)ccc1C. The van der Waals surface area contributed by atoms with E-state index in [0.717, 1.165) is 24.3 Å². The summed E-state index contributed by atoms with van der Waals surface area (Å²) in [4.78, 5) is 25.2. The maximum atomic E-state index is 12.8. The van der Waals surface area contributed by atoms with Gasteiger partial charge in [0.25, 0.3) is 0 Å². The lowest BCUT2D eigenvalue weighted by Crippen LogP contribution is -2.31. The van der Waals surface area contributed by atoms with Crippen molar-refractivity contribution in [3.05, 3.63) is 83.7 Å². The number of nitrogens with one attached hydrogen (secondary N) is 2. The van der Waals surface area contributed by atoms with Gasteiger partial charge in [-0.15, -0.1) is 0 Å². The van der Waals surface area contributed by atoms with Crippen molar-refractivity contribution in [1.29, 1.82) is 5.41 Å². The molecule has 4 N–H and O–H groups in total. The van der Waals surface area contributed by atoms with Crippen molar-refractivity contribution < 1.29 is 14.3 Å². The Morgan fingerprint density at radius 2 is 2.05 bits per heavy atom. The lowest BCUT2D eigenvalue weighted by atomic mass is 10.0. The number of methoxy groups -OCH3 is 1. The van der Waals surface area contributed by atoms with Gasteiger partial charge in [0.2, 0.25) is 5.91 Å².